The molecule has 0 saturated carbocycles. The Morgan fingerprint density at radius 3 is 2.73 bits per heavy atom. The summed E-state index contributed by atoms with van der Waals surface area (Å²) in [6.45, 7) is 0. The van der Waals surface area contributed by atoms with Crippen LogP contribution in [-0.4, -0.2) is 41.0 Å². The predicted molar refractivity (Wildman–Crippen MR) is 141 cm³/mol. The van der Waals surface area contributed by atoms with Gasteiger partial charge in [0, 0.05) is 29.4 Å². The molecule has 0 aromatic carbocycles. The monoisotopic (exact) mass is 533 g/mol. The number of nitrogens with zero attached hydrogens (tertiary/aromatic N) is 5. The van der Waals surface area contributed by atoms with Gasteiger partial charge in [-0.05, 0) is 50.0 Å². The van der Waals surface area contributed by atoms with Crippen molar-refractivity contribution in [1.29, 1.82) is 0 Å². The van der Waals surface area contributed by atoms with Gasteiger partial charge in [-0.25, -0.2) is 9.97 Å². The molecule has 7 rings (SSSR count). The van der Waals surface area contributed by atoms with E-state index >= 15 is 0 Å². The molecule has 4 aromatic heterocycles. The number of H-pyrrole nitrogens is 1. The van der Waals surface area contributed by atoms with Crippen LogP contribution in [0.15, 0.2) is 38.3 Å². The minimum Gasteiger partial charge on any atom is -0.310 e. The molecule has 0 radical (unpaired) electrons. The van der Waals surface area contributed by atoms with Crippen LogP contribution >= 0.6 is 23.1 Å². The van der Waals surface area contributed by atoms with Gasteiger partial charge in [0.1, 0.15) is 11.5 Å². The number of carbonyl (C=O) groups is 1. The molecule has 1 amide bonds. The highest BCUT2D eigenvalue weighted by molar-refractivity contribution is 7.99. The van der Waals surface area contributed by atoms with E-state index < -0.39 is 0 Å². The van der Waals surface area contributed by atoms with Crippen molar-refractivity contribution in [2.75, 3.05) is 11.1 Å². The highest BCUT2D eigenvalue weighted by atomic mass is 32.2. The zero-order chi connectivity index (χ0) is 25.1. The number of aromatic nitrogens is 6. The number of aryl methyl sites for hydroxylation is 2. The number of rotatable bonds is 5. The fraction of sp³-hybridized carbons (Fsp3) is 0.360. The number of anilines is 1. The zero-order valence-electron chi connectivity index (χ0n) is 19.8. The van der Waals surface area contributed by atoms with Crippen LogP contribution in [0.1, 0.15) is 47.8 Å². The largest absolute Gasteiger partial charge is 0.310 e. The number of nitrogens with one attached hydrogen (secondary N) is 2. The van der Waals surface area contributed by atoms with Crippen molar-refractivity contribution in [3.8, 4) is 16.5 Å². The summed E-state index contributed by atoms with van der Waals surface area (Å²) in [5.41, 5.74) is 3.71. The molecule has 10 nitrogen and oxygen atoms in total. The number of fused-ring (bicyclic) bond motifs is 3. The number of hydrogen-bond acceptors (Lipinski definition) is 8. The SMILES string of the molecule is O=C(CC1CSc2nc3c(c(=O)n21)CCC3)Nc1cc(-c2cccs2)nn1-c1nc2c(c(=O)[nH]1)CCC2. The summed E-state index contributed by atoms with van der Waals surface area (Å²) >= 11 is 3.06. The van der Waals surface area contributed by atoms with Gasteiger partial charge in [0.25, 0.3) is 11.1 Å². The van der Waals surface area contributed by atoms with Crippen LogP contribution in [0.5, 0.6) is 0 Å². The van der Waals surface area contributed by atoms with Gasteiger partial charge in [0.15, 0.2) is 5.16 Å². The molecule has 188 valence electrons. The van der Waals surface area contributed by atoms with Gasteiger partial charge in [0.2, 0.25) is 11.9 Å². The van der Waals surface area contributed by atoms with Gasteiger partial charge < -0.3 is 5.32 Å². The van der Waals surface area contributed by atoms with Crippen LogP contribution < -0.4 is 16.4 Å². The van der Waals surface area contributed by atoms with Gasteiger partial charge in [0.05, 0.1) is 22.3 Å². The lowest BCUT2D eigenvalue weighted by atomic mass is 10.2. The molecule has 37 heavy (non-hydrogen) atoms. The van der Waals surface area contributed by atoms with E-state index in [2.05, 4.69) is 20.4 Å². The average Bonchev–Trinajstić information content (AvgIpc) is 3.69. The summed E-state index contributed by atoms with van der Waals surface area (Å²) in [5, 5.41) is 10.3. The fourth-order valence-corrected chi connectivity index (χ4v) is 7.25. The number of thiophene rings is 1. The average molecular weight is 534 g/mol. The highest BCUT2D eigenvalue weighted by Gasteiger charge is 2.31. The van der Waals surface area contributed by atoms with Crippen molar-refractivity contribution in [2.24, 2.45) is 0 Å². The molecule has 0 saturated heterocycles. The topological polar surface area (TPSA) is 128 Å². The Balaban J connectivity index is 1.20. The van der Waals surface area contributed by atoms with E-state index in [1.165, 1.54) is 27.8 Å². The Morgan fingerprint density at radius 2 is 1.92 bits per heavy atom. The summed E-state index contributed by atoms with van der Waals surface area (Å²) in [6, 6.07) is 5.41. The molecule has 3 aliphatic rings. The third-order valence-corrected chi connectivity index (χ3v) is 9.16. The van der Waals surface area contributed by atoms with E-state index in [0.717, 1.165) is 65.9 Å². The van der Waals surface area contributed by atoms with Crippen LogP contribution in [0.3, 0.4) is 0 Å². The molecule has 2 N–H and O–H groups in total. The maximum atomic E-state index is 13.3. The normalized spacial score (nSPS) is 17.6. The van der Waals surface area contributed by atoms with Crippen molar-refractivity contribution in [2.45, 2.75) is 56.1 Å². The molecular weight excluding hydrogens is 510 g/mol. The molecule has 0 bridgehead atoms. The number of thioether (sulfide) groups is 1. The quantitative estimate of drug-likeness (QED) is 0.378. The van der Waals surface area contributed by atoms with Crippen molar-refractivity contribution in [1.82, 2.24) is 29.3 Å². The molecular formula is C25H23N7O3S2. The molecule has 5 heterocycles. The van der Waals surface area contributed by atoms with Gasteiger partial charge in [-0.15, -0.1) is 11.3 Å². The molecule has 2 aliphatic carbocycles. The van der Waals surface area contributed by atoms with Crippen molar-refractivity contribution in [3.63, 3.8) is 0 Å². The highest BCUT2D eigenvalue weighted by Crippen LogP contribution is 2.34. The summed E-state index contributed by atoms with van der Waals surface area (Å²) in [4.78, 5) is 52.2. The maximum absolute atomic E-state index is 13.3. The second-order valence-electron chi connectivity index (χ2n) is 9.54. The van der Waals surface area contributed by atoms with Crippen molar-refractivity contribution < 1.29 is 4.79 Å². The zero-order valence-corrected chi connectivity index (χ0v) is 21.5. The van der Waals surface area contributed by atoms with Gasteiger partial charge in [-0.2, -0.15) is 9.78 Å². The van der Waals surface area contributed by atoms with Gasteiger partial charge in [-0.1, -0.05) is 17.8 Å². The third-order valence-electron chi connectivity index (χ3n) is 7.17. The van der Waals surface area contributed by atoms with E-state index in [9.17, 15) is 14.4 Å². The minimum atomic E-state index is -0.267. The standard InChI is InChI=1S/C25H23N7O3S2/c33-21(10-13-12-37-25-27-17-7-2-5-15(17)23(35)31(13)25)28-20-11-18(19-8-3-9-36-19)30-32(20)24-26-16-6-1-4-14(16)22(34)29-24/h3,8-9,11,13H,1-2,4-7,10,12H2,(H,28,33)(H,26,29,34). The molecule has 0 spiro atoms. The van der Waals surface area contributed by atoms with Crippen molar-refractivity contribution in [3.05, 3.63) is 66.8 Å². The number of hydrogen-bond donors (Lipinski definition) is 2. The summed E-state index contributed by atoms with van der Waals surface area (Å²) in [7, 11) is 0. The van der Waals surface area contributed by atoms with E-state index in [1.807, 2.05) is 17.5 Å². The first kappa shape index (κ1) is 22.7. The third kappa shape index (κ3) is 3.86. The maximum Gasteiger partial charge on any atom is 0.257 e. The minimum absolute atomic E-state index is 0.00904. The smallest absolute Gasteiger partial charge is 0.257 e. The van der Waals surface area contributed by atoms with Gasteiger partial charge >= 0.3 is 0 Å². The molecule has 1 unspecified atom stereocenters. The Bertz CT molecular complexity index is 1670. The Kier molecular flexibility index (Phi) is 5.39. The molecule has 0 fully saturated rings. The number of carbonyl (C=O) groups excluding carboxylic acids is 1. The second kappa shape index (κ2) is 8.80. The van der Waals surface area contributed by atoms with Crippen LogP contribution in [0.25, 0.3) is 16.5 Å². The lowest BCUT2D eigenvalue weighted by Crippen LogP contribution is -2.30. The first-order valence-electron chi connectivity index (χ1n) is 12.4. The van der Waals surface area contributed by atoms with Crippen LogP contribution in [0.2, 0.25) is 0 Å². The lowest BCUT2D eigenvalue weighted by molar-refractivity contribution is -0.116. The van der Waals surface area contributed by atoms with Gasteiger partial charge in [-0.3, -0.25) is 23.9 Å². The second-order valence-corrected chi connectivity index (χ2v) is 11.5. The Labute approximate surface area is 219 Å². The van der Waals surface area contributed by atoms with Crippen molar-refractivity contribution >= 4 is 34.8 Å². The number of aromatic amines is 1. The summed E-state index contributed by atoms with van der Waals surface area (Å²) in [6.07, 6.45) is 5.05. The first-order chi connectivity index (χ1) is 18.0. The molecule has 12 heteroatoms. The molecule has 1 aliphatic heterocycles. The Morgan fingerprint density at radius 1 is 1.11 bits per heavy atom. The van der Waals surface area contributed by atoms with E-state index in [1.54, 1.807) is 10.6 Å². The summed E-state index contributed by atoms with van der Waals surface area (Å²) < 4.78 is 3.19. The molecule has 4 aromatic rings. The molecule has 1 atom stereocenters. The van der Waals surface area contributed by atoms with Crippen LogP contribution in [-0.2, 0) is 30.5 Å². The van der Waals surface area contributed by atoms with E-state index in [4.69, 9.17) is 4.98 Å². The predicted octanol–water partition coefficient (Wildman–Crippen LogP) is 2.89. The van der Waals surface area contributed by atoms with E-state index in [0.29, 0.717) is 22.4 Å². The lowest BCUT2D eigenvalue weighted by Gasteiger charge is -2.15. The summed E-state index contributed by atoms with van der Waals surface area (Å²) in [5.74, 6) is 1.08. The number of amides is 1. The first-order valence-corrected chi connectivity index (χ1v) is 14.2. The van der Waals surface area contributed by atoms with Crippen LogP contribution in [0, 0.1) is 0 Å². The van der Waals surface area contributed by atoms with Crippen LogP contribution in [0.4, 0.5) is 5.82 Å². The van der Waals surface area contributed by atoms with E-state index in [-0.39, 0.29) is 35.4 Å². The Hall–Kier alpha value is -3.51. The fourth-order valence-electron chi connectivity index (χ4n) is 5.42.